The highest BCUT2D eigenvalue weighted by molar-refractivity contribution is 8.00. The summed E-state index contributed by atoms with van der Waals surface area (Å²) < 4.78 is 61.2. The van der Waals surface area contributed by atoms with Crippen LogP contribution in [-0.4, -0.2) is 31.1 Å². The smallest absolute Gasteiger partial charge is 0.397 e. The van der Waals surface area contributed by atoms with Crippen LogP contribution < -0.4 is 10.5 Å². The number of nitrogens with zero attached hydrogens (tertiary/aromatic N) is 1. The van der Waals surface area contributed by atoms with Gasteiger partial charge in [0.1, 0.15) is 4.90 Å². The minimum Gasteiger partial charge on any atom is -0.397 e. The fourth-order valence-corrected chi connectivity index (χ4v) is 3.02. The van der Waals surface area contributed by atoms with Crippen LogP contribution in [0.2, 0.25) is 0 Å². The molecule has 0 unspecified atom stereocenters. The number of alkyl halides is 3. The molecule has 0 fully saturated rings. The molecular weight excluding hydrogens is 335 g/mol. The molecule has 0 amide bonds. The lowest BCUT2D eigenvalue weighted by atomic mass is 10.3. The molecule has 3 N–H and O–H groups in total. The van der Waals surface area contributed by atoms with E-state index in [-0.39, 0.29) is 23.1 Å². The van der Waals surface area contributed by atoms with Gasteiger partial charge in [0.15, 0.2) is 0 Å². The van der Waals surface area contributed by atoms with Gasteiger partial charge in [-0.2, -0.15) is 13.2 Å². The Balaban J connectivity index is 2.77. The maximum Gasteiger partial charge on any atom is 0.441 e. The molecule has 0 saturated carbocycles. The molecule has 0 atom stereocenters. The summed E-state index contributed by atoms with van der Waals surface area (Å²) in [5.41, 5.74) is 0.213. The summed E-state index contributed by atoms with van der Waals surface area (Å²) in [7, 11) is -4.13. The second-order valence-corrected chi connectivity index (χ2v) is 6.57. The van der Waals surface area contributed by atoms with Crippen LogP contribution in [0.5, 0.6) is 0 Å². The second kappa shape index (κ2) is 6.49. The van der Waals surface area contributed by atoms with Gasteiger partial charge in [0.25, 0.3) is 5.69 Å². The number of hydrogen-bond acceptors (Lipinski definition) is 6. The van der Waals surface area contributed by atoms with E-state index in [1.807, 2.05) is 4.72 Å². The highest BCUT2D eigenvalue weighted by atomic mass is 32.2. The molecule has 0 radical (unpaired) electrons. The Morgan fingerprint density at radius 1 is 1.38 bits per heavy atom. The first kappa shape index (κ1) is 17.5. The molecule has 1 rings (SSSR count). The van der Waals surface area contributed by atoms with Gasteiger partial charge in [-0.25, -0.2) is 13.1 Å². The fourth-order valence-electron chi connectivity index (χ4n) is 1.31. The SMILES string of the molecule is Nc1cc([N+](=O)[O-])ccc1S(=O)(=O)NCCSC(F)(F)F. The molecule has 1 aromatic carbocycles. The van der Waals surface area contributed by atoms with Crippen LogP contribution in [-0.2, 0) is 10.0 Å². The summed E-state index contributed by atoms with van der Waals surface area (Å²) in [4.78, 5) is 9.32. The van der Waals surface area contributed by atoms with Crippen LogP contribution in [0.4, 0.5) is 24.5 Å². The van der Waals surface area contributed by atoms with Gasteiger partial charge < -0.3 is 5.73 Å². The van der Waals surface area contributed by atoms with Crippen molar-refractivity contribution in [3.63, 3.8) is 0 Å². The zero-order valence-corrected chi connectivity index (χ0v) is 11.9. The van der Waals surface area contributed by atoms with Gasteiger partial charge in [-0.15, -0.1) is 0 Å². The lowest BCUT2D eigenvalue weighted by Gasteiger charge is -2.09. The predicted octanol–water partition coefficient (Wildman–Crippen LogP) is 1.71. The van der Waals surface area contributed by atoms with Crippen molar-refractivity contribution in [3.8, 4) is 0 Å². The number of anilines is 1. The number of benzene rings is 1. The van der Waals surface area contributed by atoms with Crippen molar-refractivity contribution in [2.45, 2.75) is 10.4 Å². The highest BCUT2D eigenvalue weighted by Crippen LogP contribution is 2.29. The zero-order valence-electron chi connectivity index (χ0n) is 10.3. The number of non-ortho nitro benzene ring substituents is 1. The molecule has 7 nitrogen and oxygen atoms in total. The van der Waals surface area contributed by atoms with E-state index in [0.29, 0.717) is 0 Å². The molecule has 0 saturated heterocycles. The third kappa shape index (κ3) is 5.40. The van der Waals surface area contributed by atoms with Gasteiger partial charge in [0.2, 0.25) is 10.0 Å². The summed E-state index contributed by atoms with van der Waals surface area (Å²) in [6, 6.07) is 2.72. The van der Waals surface area contributed by atoms with E-state index in [4.69, 9.17) is 5.73 Å². The average Bonchev–Trinajstić information content (AvgIpc) is 2.33. The Morgan fingerprint density at radius 3 is 2.48 bits per heavy atom. The summed E-state index contributed by atoms with van der Waals surface area (Å²) in [5.74, 6) is -0.504. The topological polar surface area (TPSA) is 115 Å². The Labute approximate surface area is 121 Å². The van der Waals surface area contributed by atoms with Crippen molar-refractivity contribution in [1.82, 2.24) is 4.72 Å². The molecule has 12 heteroatoms. The fraction of sp³-hybridized carbons (Fsp3) is 0.333. The number of hydrogen-bond donors (Lipinski definition) is 2. The molecule has 0 aliphatic carbocycles. The maximum atomic E-state index is 11.9. The number of rotatable bonds is 6. The first-order valence-electron chi connectivity index (χ1n) is 5.27. The molecule has 0 bridgehead atoms. The van der Waals surface area contributed by atoms with Gasteiger partial charge in [-0.05, 0) is 17.8 Å². The van der Waals surface area contributed by atoms with Crippen LogP contribution in [0.15, 0.2) is 23.1 Å². The Kier molecular flexibility index (Phi) is 5.42. The third-order valence-electron chi connectivity index (χ3n) is 2.15. The van der Waals surface area contributed by atoms with Gasteiger partial charge in [-0.3, -0.25) is 10.1 Å². The maximum absolute atomic E-state index is 11.9. The van der Waals surface area contributed by atoms with Crippen molar-refractivity contribution in [1.29, 1.82) is 0 Å². The first-order valence-corrected chi connectivity index (χ1v) is 7.74. The van der Waals surface area contributed by atoms with Crippen LogP contribution in [0, 0.1) is 10.1 Å². The molecule has 0 aliphatic heterocycles. The minimum atomic E-state index is -4.45. The van der Waals surface area contributed by atoms with Crippen molar-refractivity contribution in [2.75, 3.05) is 18.0 Å². The number of nitrogens with two attached hydrogens (primary N) is 1. The van der Waals surface area contributed by atoms with Crippen molar-refractivity contribution in [2.24, 2.45) is 0 Å². The zero-order chi connectivity index (χ0) is 16.3. The average molecular weight is 345 g/mol. The summed E-state index contributed by atoms with van der Waals surface area (Å²) in [6.07, 6.45) is 0. The van der Waals surface area contributed by atoms with Crippen molar-refractivity contribution in [3.05, 3.63) is 28.3 Å². The molecule has 0 spiro atoms. The molecule has 0 aliphatic rings. The Morgan fingerprint density at radius 2 is 2.00 bits per heavy atom. The van der Waals surface area contributed by atoms with Gasteiger partial charge in [0.05, 0.1) is 10.6 Å². The summed E-state index contributed by atoms with van der Waals surface area (Å²) in [5, 5.41) is 10.5. The number of halogens is 3. The highest BCUT2D eigenvalue weighted by Gasteiger charge is 2.28. The van der Waals surface area contributed by atoms with Crippen molar-refractivity contribution >= 4 is 33.2 Å². The minimum absolute atomic E-state index is 0.361. The van der Waals surface area contributed by atoms with E-state index in [2.05, 4.69) is 0 Å². The summed E-state index contributed by atoms with van der Waals surface area (Å²) in [6.45, 7) is -0.455. The number of nitrogens with one attached hydrogen (secondary N) is 1. The second-order valence-electron chi connectivity index (χ2n) is 3.67. The monoisotopic (exact) mass is 345 g/mol. The molecular formula is C9H10F3N3O4S2. The quantitative estimate of drug-likeness (QED) is 0.351. The lowest BCUT2D eigenvalue weighted by molar-refractivity contribution is -0.384. The van der Waals surface area contributed by atoms with Crippen LogP contribution in [0.1, 0.15) is 0 Å². The van der Waals surface area contributed by atoms with Gasteiger partial charge in [-0.1, -0.05) is 0 Å². The normalized spacial score (nSPS) is 12.3. The van der Waals surface area contributed by atoms with E-state index in [9.17, 15) is 31.7 Å². The van der Waals surface area contributed by atoms with E-state index >= 15 is 0 Å². The first-order chi connectivity index (χ1) is 9.53. The number of nitrogen functional groups attached to an aromatic ring is 1. The van der Waals surface area contributed by atoms with Crippen LogP contribution in [0.25, 0.3) is 0 Å². The van der Waals surface area contributed by atoms with Crippen molar-refractivity contribution < 1.29 is 26.5 Å². The number of sulfonamides is 1. The van der Waals surface area contributed by atoms with E-state index < -0.39 is 37.6 Å². The lowest BCUT2D eigenvalue weighted by Crippen LogP contribution is -2.27. The number of thioether (sulfide) groups is 1. The van der Waals surface area contributed by atoms with Gasteiger partial charge >= 0.3 is 5.51 Å². The molecule has 0 heterocycles. The standard InChI is InChI=1S/C9H10F3N3O4S2/c10-9(11,12)20-4-3-14-21(18,19)8-2-1-6(15(16)17)5-7(8)13/h1-2,5,14H,3-4,13H2. The molecule has 118 valence electrons. The Hall–Kier alpha value is -1.53. The molecule has 1 aromatic rings. The van der Waals surface area contributed by atoms with Crippen LogP contribution in [0.3, 0.4) is 0 Å². The third-order valence-corrected chi connectivity index (χ3v) is 4.42. The number of nitro benzene ring substituents is 1. The Bertz CT molecular complexity index is 634. The van der Waals surface area contributed by atoms with Crippen LogP contribution >= 0.6 is 11.8 Å². The predicted molar refractivity (Wildman–Crippen MR) is 71.2 cm³/mol. The van der Waals surface area contributed by atoms with E-state index in [0.717, 1.165) is 18.2 Å². The summed E-state index contributed by atoms with van der Waals surface area (Å²) >= 11 is -0.367. The van der Waals surface area contributed by atoms with Gasteiger partial charge in [0, 0.05) is 24.4 Å². The van der Waals surface area contributed by atoms with E-state index in [1.165, 1.54) is 0 Å². The molecule has 0 aromatic heterocycles. The molecule has 21 heavy (non-hydrogen) atoms. The number of nitro groups is 1. The van der Waals surface area contributed by atoms with E-state index in [1.54, 1.807) is 0 Å². The largest absolute Gasteiger partial charge is 0.441 e.